The van der Waals surface area contributed by atoms with Crippen molar-refractivity contribution in [2.45, 2.75) is 0 Å². The molecule has 0 aliphatic carbocycles. The van der Waals surface area contributed by atoms with E-state index in [1.807, 2.05) is 24.3 Å². The van der Waals surface area contributed by atoms with Gasteiger partial charge in [-0.2, -0.15) is 0 Å². The minimum absolute atomic E-state index is 0.306. The van der Waals surface area contributed by atoms with E-state index >= 15 is 0 Å². The lowest BCUT2D eigenvalue weighted by atomic mass is 10.1. The van der Waals surface area contributed by atoms with Crippen molar-refractivity contribution >= 4 is 51.6 Å². The van der Waals surface area contributed by atoms with E-state index < -0.39 is 0 Å². The molecule has 2 aliphatic heterocycles. The van der Waals surface area contributed by atoms with Crippen LogP contribution in [0.2, 0.25) is 5.02 Å². The molecule has 0 radical (unpaired) electrons. The zero-order chi connectivity index (χ0) is 17.2. The van der Waals surface area contributed by atoms with E-state index in [-0.39, 0.29) is 6.03 Å². The molecule has 4 rings (SSSR count). The van der Waals surface area contributed by atoms with Crippen LogP contribution in [0.5, 0.6) is 0 Å². The fraction of sp³-hybridized carbons (Fsp3) is 0.111. The lowest BCUT2D eigenvalue weighted by molar-refractivity contribution is 0.262. The molecule has 0 fully saturated rings. The van der Waals surface area contributed by atoms with Gasteiger partial charge in [0.1, 0.15) is 0 Å². The molecule has 0 aromatic heterocycles. The van der Waals surface area contributed by atoms with Gasteiger partial charge in [0.2, 0.25) is 0 Å². The summed E-state index contributed by atoms with van der Waals surface area (Å²) >= 11 is 7.57. The van der Waals surface area contributed by atoms with Crippen molar-refractivity contribution < 1.29 is 4.79 Å². The second kappa shape index (κ2) is 6.82. The number of carbonyl (C=O) groups is 1. The fourth-order valence-electron chi connectivity index (χ4n) is 2.73. The van der Waals surface area contributed by atoms with Crippen LogP contribution in [0.15, 0.2) is 58.9 Å². The van der Waals surface area contributed by atoms with Gasteiger partial charge in [0.05, 0.1) is 12.2 Å². The molecule has 0 bridgehead atoms. The number of nitrogens with one attached hydrogen (secondary N) is 2. The van der Waals surface area contributed by atoms with Crippen LogP contribution in [-0.4, -0.2) is 29.2 Å². The molecule has 2 aromatic rings. The molecule has 5 nitrogen and oxygen atoms in total. The molecule has 2 N–H and O–H groups in total. The van der Waals surface area contributed by atoms with Gasteiger partial charge in [-0.15, -0.1) is 0 Å². The van der Waals surface area contributed by atoms with E-state index in [1.165, 1.54) is 0 Å². The first-order chi connectivity index (χ1) is 12.2. The summed E-state index contributed by atoms with van der Waals surface area (Å²) in [6.45, 7) is 1.78. The smallest absolute Gasteiger partial charge is 0.318 e. The van der Waals surface area contributed by atoms with E-state index in [1.54, 1.807) is 36.0 Å². The Bertz CT molecular complexity index is 879. The Morgan fingerprint density at radius 2 is 1.92 bits per heavy atom. The maximum Gasteiger partial charge on any atom is 0.323 e. The van der Waals surface area contributed by atoms with Crippen molar-refractivity contribution in [2.75, 3.05) is 23.7 Å². The Morgan fingerprint density at radius 3 is 2.72 bits per heavy atom. The first kappa shape index (κ1) is 16.1. The molecule has 2 aromatic carbocycles. The van der Waals surface area contributed by atoms with E-state index in [0.717, 1.165) is 35.2 Å². The highest BCUT2D eigenvalue weighted by Gasteiger charge is 2.26. The van der Waals surface area contributed by atoms with Gasteiger partial charge in [-0.3, -0.25) is 4.99 Å². The number of anilines is 2. The van der Waals surface area contributed by atoms with Crippen molar-refractivity contribution in [3.63, 3.8) is 0 Å². The average Bonchev–Trinajstić information content (AvgIpc) is 3.19. The fourth-order valence-corrected chi connectivity index (χ4v) is 3.88. The van der Waals surface area contributed by atoms with Gasteiger partial charge in [0, 0.05) is 28.4 Å². The van der Waals surface area contributed by atoms with Crippen LogP contribution >= 0.6 is 23.4 Å². The van der Waals surface area contributed by atoms with Gasteiger partial charge in [0.15, 0.2) is 5.17 Å². The van der Waals surface area contributed by atoms with Crippen LogP contribution in [0.4, 0.5) is 16.2 Å². The highest BCUT2D eigenvalue weighted by atomic mass is 35.5. The van der Waals surface area contributed by atoms with Crippen LogP contribution in [0.25, 0.3) is 5.70 Å². The Labute approximate surface area is 154 Å². The Hall–Kier alpha value is -2.44. The number of carbonyl (C=O) groups excluding carboxylic acids is 1. The number of halogens is 1. The van der Waals surface area contributed by atoms with Crippen molar-refractivity contribution in [1.82, 2.24) is 4.90 Å². The topological polar surface area (TPSA) is 56.7 Å². The SMILES string of the molecule is O=C(Nc1ccc(C2=CSC3=NCCN23)cc1)Nc1cccc(Cl)c1. The number of rotatable bonds is 3. The standard InChI is InChI=1S/C18H15ClN4OS/c19-13-2-1-3-15(10-13)22-17(24)21-14-6-4-12(5-7-14)16-11-25-18-20-8-9-23(16)18/h1-7,10-11H,8-9H2,(H2,21,22,24). The van der Waals surface area contributed by atoms with Crippen LogP contribution in [0.3, 0.4) is 0 Å². The minimum atomic E-state index is -0.306. The number of amidine groups is 1. The highest BCUT2D eigenvalue weighted by molar-refractivity contribution is 8.16. The molecule has 126 valence electrons. The van der Waals surface area contributed by atoms with Gasteiger partial charge in [0.25, 0.3) is 0 Å². The molecule has 2 aliphatic rings. The molecule has 0 unspecified atom stereocenters. The number of urea groups is 1. The van der Waals surface area contributed by atoms with Crippen LogP contribution in [0.1, 0.15) is 5.56 Å². The van der Waals surface area contributed by atoms with E-state index in [2.05, 4.69) is 25.9 Å². The van der Waals surface area contributed by atoms with Crippen LogP contribution in [0, 0.1) is 0 Å². The van der Waals surface area contributed by atoms with Gasteiger partial charge in [-0.25, -0.2) is 4.79 Å². The van der Waals surface area contributed by atoms with E-state index in [4.69, 9.17) is 11.6 Å². The summed E-state index contributed by atoms with van der Waals surface area (Å²) in [5.74, 6) is 0. The first-order valence-corrected chi connectivity index (χ1v) is 9.08. The minimum Gasteiger partial charge on any atom is -0.318 e. The Balaban J connectivity index is 1.41. The zero-order valence-corrected chi connectivity index (χ0v) is 14.8. The number of hydrogen-bond acceptors (Lipinski definition) is 4. The zero-order valence-electron chi connectivity index (χ0n) is 13.2. The summed E-state index contributed by atoms with van der Waals surface area (Å²) in [4.78, 5) is 18.8. The lowest BCUT2D eigenvalue weighted by Gasteiger charge is -2.17. The van der Waals surface area contributed by atoms with Crippen molar-refractivity contribution in [3.8, 4) is 0 Å². The third-order valence-corrected chi connectivity index (χ3v) is 5.03. The normalized spacial score (nSPS) is 15.5. The summed E-state index contributed by atoms with van der Waals surface area (Å²) in [7, 11) is 0. The monoisotopic (exact) mass is 370 g/mol. The number of thioether (sulfide) groups is 1. The number of amides is 2. The van der Waals surface area contributed by atoms with E-state index in [0.29, 0.717) is 10.7 Å². The molecular weight excluding hydrogens is 356 g/mol. The quantitative estimate of drug-likeness (QED) is 0.823. The Kier molecular flexibility index (Phi) is 4.38. The lowest BCUT2D eigenvalue weighted by Crippen LogP contribution is -2.20. The number of benzene rings is 2. The summed E-state index contributed by atoms with van der Waals surface area (Å²) < 4.78 is 0. The predicted molar refractivity (Wildman–Crippen MR) is 105 cm³/mol. The van der Waals surface area contributed by atoms with Crippen molar-refractivity contribution in [2.24, 2.45) is 4.99 Å². The number of hydrogen-bond donors (Lipinski definition) is 2. The molecule has 0 saturated carbocycles. The predicted octanol–water partition coefficient (Wildman–Crippen LogP) is 4.70. The van der Waals surface area contributed by atoms with Crippen molar-refractivity contribution in [3.05, 3.63) is 64.5 Å². The van der Waals surface area contributed by atoms with E-state index in [9.17, 15) is 4.79 Å². The van der Waals surface area contributed by atoms with Gasteiger partial charge >= 0.3 is 6.03 Å². The van der Waals surface area contributed by atoms with Crippen LogP contribution < -0.4 is 10.6 Å². The van der Waals surface area contributed by atoms with Gasteiger partial charge in [-0.05, 0) is 35.9 Å². The van der Waals surface area contributed by atoms with Gasteiger partial charge in [-0.1, -0.05) is 41.6 Å². The van der Waals surface area contributed by atoms with Crippen molar-refractivity contribution in [1.29, 1.82) is 0 Å². The molecule has 7 heteroatoms. The largest absolute Gasteiger partial charge is 0.323 e. The maximum atomic E-state index is 12.1. The molecular formula is C18H15ClN4OS. The van der Waals surface area contributed by atoms with Crippen LogP contribution in [-0.2, 0) is 0 Å². The molecule has 2 heterocycles. The second-order valence-corrected chi connectivity index (χ2v) is 6.88. The third kappa shape index (κ3) is 3.50. The Morgan fingerprint density at radius 1 is 1.12 bits per heavy atom. The average molecular weight is 371 g/mol. The summed E-state index contributed by atoms with van der Waals surface area (Å²) in [6.07, 6.45) is 0. The summed E-state index contributed by atoms with van der Waals surface area (Å²) in [6, 6.07) is 14.5. The molecule has 0 saturated heterocycles. The molecule has 25 heavy (non-hydrogen) atoms. The molecule has 2 amide bonds. The second-order valence-electron chi connectivity index (χ2n) is 5.60. The number of nitrogens with zero attached hydrogens (tertiary/aromatic N) is 2. The van der Waals surface area contributed by atoms with Gasteiger partial charge < -0.3 is 15.5 Å². The summed E-state index contributed by atoms with van der Waals surface area (Å²) in [5, 5.41) is 9.34. The number of fused-ring (bicyclic) bond motifs is 1. The summed E-state index contributed by atoms with van der Waals surface area (Å²) in [5.41, 5.74) is 3.65. The molecule has 0 spiro atoms. The molecule has 0 atom stereocenters. The first-order valence-electron chi connectivity index (χ1n) is 7.82. The third-order valence-electron chi connectivity index (χ3n) is 3.89. The maximum absolute atomic E-state index is 12.1. The number of aliphatic imine (C=N–C) groups is 1. The highest BCUT2D eigenvalue weighted by Crippen LogP contribution is 2.35.